The zero-order chi connectivity index (χ0) is 18.4. The number of hydrogen-bond donors (Lipinski definition) is 0. The summed E-state index contributed by atoms with van der Waals surface area (Å²) in [4.78, 5) is 25.2. The summed E-state index contributed by atoms with van der Waals surface area (Å²) in [6.45, 7) is 5.65. The molecule has 0 saturated heterocycles. The number of hydrogen-bond acceptors (Lipinski definition) is 5. The Morgan fingerprint density at radius 1 is 1.12 bits per heavy atom. The van der Waals surface area contributed by atoms with Gasteiger partial charge in [-0.05, 0) is 31.4 Å². The molecular weight excluding hydrogens is 322 g/mol. The zero-order valence-electron chi connectivity index (χ0n) is 13.7. The summed E-state index contributed by atoms with van der Waals surface area (Å²) in [5.74, 6) is 0. The average Bonchev–Trinajstić information content (AvgIpc) is 2.59. The van der Waals surface area contributed by atoms with Crippen molar-refractivity contribution in [3.8, 4) is 0 Å². The second kappa shape index (κ2) is 7.96. The molecule has 0 aliphatic rings. The Morgan fingerprint density at radius 2 is 1.80 bits per heavy atom. The lowest BCUT2D eigenvalue weighted by molar-refractivity contribution is -0.393. The summed E-state index contributed by atoms with van der Waals surface area (Å²) in [7, 11) is 0. The van der Waals surface area contributed by atoms with Crippen molar-refractivity contribution in [1.82, 2.24) is 0 Å². The first-order valence-electron chi connectivity index (χ1n) is 7.60. The fourth-order valence-electron chi connectivity index (χ4n) is 2.26. The van der Waals surface area contributed by atoms with E-state index in [1.807, 2.05) is 31.2 Å². The Kier molecular flexibility index (Phi) is 5.73. The summed E-state index contributed by atoms with van der Waals surface area (Å²) in [5.41, 5.74) is 1.96. The predicted octanol–water partition coefficient (Wildman–Crippen LogP) is 4.90. The summed E-state index contributed by atoms with van der Waals surface area (Å²) >= 11 is 0. The average molecular weight is 339 g/mol. The van der Waals surface area contributed by atoms with Crippen molar-refractivity contribution in [1.29, 1.82) is 0 Å². The Labute approximate surface area is 144 Å². The number of nitro benzene ring substituents is 2. The topological polar surface area (TPSA) is 98.6 Å². The Morgan fingerprint density at radius 3 is 2.36 bits per heavy atom. The van der Waals surface area contributed by atoms with Crippen LogP contribution >= 0.6 is 0 Å². The second-order valence-corrected chi connectivity index (χ2v) is 5.44. The van der Waals surface area contributed by atoms with E-state index >= 15 is 0 Å². The molecule has 0 aromatic heterocycles. The highest BCUT2D eigenvalue weighted by molar-refractivity contribution is 6.02. The SMILES string of the molecule is C=CCCC(=Nc1ccc([N+](=O)[O-])cc1[N+](=O)[O-])c1ccc(C)cc1. The van der Waals surface area contributed by atoms with Crippen LogP contribution in [0.3, 0.4) is 0 Å². The Bertz CT molecular complexity index is 842. The number of aryl methyl sites for hydroxylation is 1. The zero-order valence-corrected chi connectivity index (χ0v) is 13.7. The van der Waals surface area contributed by atoms with E-state index in [4.69, 9.17) is 0 Å². The van der Waals surface area contributed by atoms with Gasteiger partial charge in [0.1, 0.15) is 5.69 Å². The quantitative estimate of drug-likeness (QED) is 0.310. The first-order valence-corrected chi connectivity index (χ1v) is 7.60. The maximum atomic E-state index is 11.3. The molecule has 0 aliphatic carbocycles. The van der Waals surface area contributed by atoms with E-state index in [-0.39, 0.29) is 11.4 Å². The highest BCUT2D eigenvalue weighted by atomic mass is 16.6. The molecule has 0 N–H and O–H groups in total. The van der Waals surface area contributed by atoms with Crippen LogP contribution in [0.25, 0.3) is 0 Å². The summed E-state index contributed by atoms with van der Waals surface area (Å²) in [5, 5.41) is 22.1. The van der Waals surface area contributed by atoms with E-state index in [1.54, 1.807) is 6.08 Å². The molecule has 2 aromatic rings. The normalized spacial score (nSPS) is 11.2. The fraction of sp³-hybridized carbons (Fsp3) is 0.167. The van der Waals surface area contributed by atoms with E-state index in [1.165, 1.54) is 12.1 Å². The van der Waals surface area contributed by atoms with Crippen LogP contribution in [-0.4, -0.2) is 15.6 Å². The molecule has 0 spiro atoms. The Balaban J connectivity index is 2.54. The van der Waals surface area contributed by atoms with Crippen LogP contribution in [0.4, 0.5) is 17.1 Å². The van der Waals surface area contributed by atoms with Gasteiger partial charge in [-0.2, -0.15) is 0 Å². The minimum Gasteiger partial charge on any atom is -0.258 e. The fourth-order valence-corrected chi connectivity index (χ4v) is 2.26. The number of benzene rings is 2. The van der Waals surface area contributed by atoms with Gasteiger partial charge in [0.25, 0.3) is 5.69 Å². The van der Waals surface area contributed by atoms with Crippen LogP contribution in [-0.2, 0) is 0 Å². The Hall–Kier alpha value is -3.35. The van der Waals surface area contributed by atoms with Crippen LogP contribution in [0.1, 0.15) is 24.0 Å². The first-order chi connectivity index (χ1) is 11.9. The third-order valence-corrected chi connectivity index (χ3v) is 3.59. The molecule has 128 valence electrons. The number of non-ortho nitro benzene ring substituents is 1. The maximum Gasteiger partial charge on any atom is 0.301 e. The predicted molar refractivity (Wildman–Crippen MR) is 96.6 cm³/mol. The van der Waals surface area contributed by atoms with Gasteiger partial charge >= 0.3 is 5.69 Å². The molecular formula is C18H17N3O4. The standard InChI is InChI=1S/C18H17N3O4/c1-3-4-5-16(14-8-6-13(2)7-9-14)19-17-11-10-15(20(22)23)12-18(17)21(24)25/h3,6-12H,1,4-5H2,2H3. The molecule has 0 saturated carbocycles. The number of nitrogens with zero attached hydrogens (tertiary/aromatic N) is 3. The monoisotopic (exact) mass is 339 g/mol. The van der Waals surface area contributed by atoms with Crippen molar-refractivity contribution < 1.29 is 9.85 Å². The molecule has 0 heterocycles. The first kappa shape index (κ1) is 18.0. The highest BCUT2D eigenvalue weighted by Crippen LogP contribution is 2.32. The molecule has 0 bridgehead atoms. The molecule has 0 unspecified atom stereocenters. The van der Waals surface area contributed by atoms with Gasteiger partial charge in [0.05, 0.1) is 15.9 Å². The minimum absolute atomic E-state index is 0.0928. The van der Waals surface area contributed by atoms with E-state index in [2.05, 4.69) is 11.6 Å². The molecule has 0 radical (unpaired) electrons. The molecule has 2 aromatic carbocycles. The number of rotatable bonds is 7. The lowest BCUT2D eigenvalue weighted by Crippen LogP contribution is -2.01. The van der Waals surface area contributed by atoms with Gasteiger partial charge in [-0.3, -0.25) is 20.2 Å². The van der Waals surface area contributed by atoms with Crippen molar-refractivity contribution in [3.05, 3.63) is 86.5 Å². The summed E-state index contributed by atoms with van der Waals surface area (Å²) < 4.78 is 0. The molecule has 0 aliphatic heterocycles. The van der Waals surface area contributed by atoms with Gasteiger partial charge < -0.3 is 0 Å². The van der Waals surface area contributed by atoms with Gasteiger partial charge in [0.2, 0.25) is 0 Å². The van der Waals surface area contributed by atoms with Crippen molar-refractivity contribution >= 4 is 22.8 Å². The van der Waals surface area contributed by atoms with Crippen molar-refractivity contribution in [3.63, 3.8) is 0 Å². The second-order valence-electron chi connectivity index (χ2n) is 5.44. The largest absolute Gasteiger partial charge is 0.301 e. The van der Waals surface area contributed by atoms with E-state index in [0.29, 0.717) is 18.6 Å². The molecule has 0 atom stereocenters. The van der Waals surface area contributed by atoms with E-state index < -0.39 is 15.5 Å². The molecule has 7 heteroatoms. The number of aliphatic imine (C=N–C) groups is 1. The van der Waals surface area contributed by atoms with Gasteiger partial charge in [0.15, 0.2) is 0 Å². The van der Waals surface area contributed by atoms with Crippen molar-refractivity contribution in [2.75, 3.05) is 0 Å². The molecule has 0 amide bonds. The summed E-state index contributed by atoms with van der Waals surface area (Å²) in [6, 6.07) is 11.1. The van der Waals surface area contributed by atoms with Crippen LogP contribution in [0.2, 0.25) is 0 Å². The van der Waals surface area contributed by atoms with Crippen LogP contribution in [0, 0.1) is 27.2 Å². The molecule has 7 nitrogen and oxygen atoms in total. The maximum absolute atomic E-state index is 11.3. The molecule has 25 heavy (non-hydrogen) atoms. The highest BCUT2D eigenvalue weighted by Gasteiger charge is 2.19. The molecule has 2 rings (SSSR count). The van der Waals surface area contributed by atoms with Crippen LogP contribution in [0.5, 0.6) is 0 Å². The van der Waals surface area contributed by atoms with Gasteiger partial charge in [0, 0.05) is 11.8 Å². The van der Waals surface area contributed by atoms with Gasteiger partial charge in [-0.25, -0.2) is 4.99 Å². The lowest BCUT2D eigenvalue weighted by atomic mass is 10.0. The summed E-state index contributed by atoms with van der Waals surface area (Å²) in [6.07, 6.45) is 2.96. The van der Waals surface area contributed by atoms with E-state index in [9.17, 15) is 20.2 Å². The lowest BCUT2D eigenvalue weighted by Gasteiger charge is -2.07. The molecule has 0 fully saturated rings. The van der Waals surface area contributed by atoms with Gasteiger partial charge in [-0.15, -0.1) is 6.58 Å². The van der Waals surface area contributed by atoms with Crippen molar-refractivity contribution in [2.24, 2.45) is 4.99 Å². The van der Waals surface area contributed by atoms with Gasteiger partial charge in [-0.1, -0.05) is 35.9 Å². The van der Waals surface area contributed by atoms with Crippen LogP contribution in [0.15, 0.2) is 60.1 Å². The smallest absolute Gasteiger partial charge is 0.258 e. The minimum atomic E-state index is -0.668. The third kappa shape index (κ3) is 4.57. The van der Waals surface area contributed by atoms with Crippen LogP contribution < -0.4 is 0 Å². The van der Waals surface area contributed by atoms with Crippen molar-refractivity contribution in [2.45, 2.75) is 19.8 Å². The van der Waals surface area contributed by atoms with E-state index in [0.717, 1.165) is 17.2 Å². The third-order valence-electron chi connectivity index (χ3n) is 3.59. The number of nitro groups is 2. The number of allylic oxidation sites excluding steroid dienone is 1.